The van der Waals surface area contributed by atoms with Gasteiger partial charge in [0, 0.05) is 30.6 Å². The van der Waals surface area contributed by atoms with Gasteiger partial charge in [-0.3, -0.25) is 4.68 Å². The minimum Gasteiger partial charge on any atom is -0.481 e. The van der Waals surface area contributed by atoms with Crippen molar-refractivity contribution in [3.8, 4) is 17.1 Å². The maximum absolute atomic E-state index is 5.00. The molecule has 0 aliphatic rings. The first-order chi connectivity index (χ1) is 7.20. The molecule has 0 aliphatic carbocycles. The van der Waals surface area contributed by atoms with E-state index < -0.39 is 0 Å². The summed E-state index contributed by atoms with van der Waals surface area (Å²) in [6.45, 7) is 2.02. The summed E-state index contributed by atoms with van der Waals surface area (Å²) in [7, 11) is 3.53. The Morgan fingerprint density at radius 1 is 1.33 bits per heavy atom. The molecule has 0 unspecified atom stereocenters. The van der Waals surface area contributed by atoms with Crippen LogP contribution < -0.4 is 4.74 Å². The molecule has 2 aromatic heterocycles. The van der Waals surface area contributed by atoms with Gasteiger partial charge >= 0.3 is 0 Å². The van der Waals surface area contributed by atoms with Crippen LogP contribution in [0.5, 0.6) is 5.88 Å². The van der Waals surface area contributed by atoms with E-state index in [-0.39, 0.29) is 0 Å². The molecule has 0 spiro atoms. The van der Waals surface area contributed by atoms with E-state index in [4.69, 9.17) is 4.74 Å². The van der Waals surface area contributed by atoms with Crippen molar-refractivity contribution in [2.24, 2.45) is 7.05 Å². The van der Waals surface area contributed by atoms with Crippen LogP contribution in [0.15, 0.2) is 24.4 Å². The minimum absolute atomic E-state index is 0.617. The van der Waals surface area contributed by atoms with Crippen molar-refractivity contribution in [1.29, 1.82) is 0 Å². The first-order valence-electron chi connectivity index (χ1n) is 4.72. The molecule has 4 heteroatoms. The van der Waals surface area contributed by atoms with Crippen molar-refractivity contribution in [2.75, 3.05) is 7.11 Å². The molecular weight excluding hydrogens is 190 g/mol. The Balaban J connectivity index is 2.37. The molecule has 0 bridgehead atoms. The molecule has 0 saturated heterocycles. The molecule has 15 heavy (non-hydrogen) atoms. The van der Waals surface area contributed by atoms with Gasteiger partial charge in [-0.25, -0.2) is 4.98 Å². The van der Waals surface area contributed by atoms with Gasteiger partial charge in [0.2, 0.25) is 5.88 Å². The molecule has 0 saturated carbocycles. The monoisotopic (exact) mass is 203 g/mol. The number of pyridine rings is 1. The number of hydrogen-bond acceptors (Lipinski definition) is 3. The first kappa shape index (κ1) is 9.71. The van der Waals surface area contributed by atoms with E-state index in [1.165, 1.54) is 0 Å². The van der Waals surface area contributed by atoms with Crippen LogP contribution in [0.2, 0.25) is 0 Å². The van der Waals surface area contributed by atoms with Gasteiger partial charge in [-0.2, -0.15) is 5.10 Å². The second-order valence-corrected chi connectivity index (χ2v) is 3.38. The lowest BCUT2D eigenvalue weighted by atomic mass is 10.2. The zero-order valence-corrected chi connectivity index (χ0v) is 9.06. The van der Waals surface area contributed by atoms with Crippen LogP contribution in [0.3, 0.4) is 0 Å². The summed E-state index contributed by atoms with van der Waals surface area (Å²) in [5, 5.41) is 4.37. The van der Waals surface area contributed by atoms with Gasteiger partial charge in [0.05, 0.1) is 12.8 Å². The second-order valence-electron chi connectivity index (χ2n) is 3.38. The van der Waals surface area contributed by atoms with Crippen LogP contribution in [0.25, 0.3) is 11.3 Å². The molecule has 0 atom stereocenters. The van der Waals surface area contributed by atoms with Crippen LogP contribution in [0.4, 0.5) is 0 Å². The number of aryl methyl sites for hydroxylation is 2. The molecule has 2 heterocycles. The topological polar surface area (TPSA) is 39.9 Å². The predicted molar refractivity (Wildman–Crippen MR) is 57.7 cm³/mol. The van der Waals surface area contributed by atoms with E-state index in [2.05, 4.69) is 10.1 Å². The highest BCUT2D eigenvalue weighted by atomic mass is 16.5. The quantitative estimate of drug-likeness (QED) is 0.747. The van der Waals surface area contributed by atoms with Crippen molar-refractivity contribution < 1.29 is 4.74 Å². The lowest BCUT2D eigenvalue weighted by molar-refractivity contribution is 0.398. The number of rotatable bonds is 2. The van der Waals surface area contributed by atoms with E-state index in [9.17, 15) is 0 Å². The zero-order valence-electron chi connectivity index (χ0n) is 9.06. The highest BCUT2D eigenvalue weighted by molar-refractivity contribution is 5.58. The average Bonchev–Trinajstić information content (AvgIpc) is 2.59. The smallest absolute Gasteiger partial charge is 0.212 e. The van der Waals surface area contributed by atoms with Gasteiger partial charge in [0.1, 0.15) is 0 Å². The Bertz CT molecular complexity index is 440. The first-order valence-corrected chi connectivity index (χ1v) is 4.72. The summed E-state index contributed by atoms with van der Waals surface area (Å²) in [4.78, 5) is 4.14. The fraction of sp³-hybridized carbons (Fsp3) is 0.273. The Morgan fingerprint density at radius 3 is 2.60 bits per heavy atom. The number of methoxy groups -OCH3 is 1. The van der Waals surface area contributed by atoms with Gasteiger partial charge in [-0.15, -0.1) is 0 Å². The summed E-state index contributed by atoms with van der Waals surface area (Å²) < 4.78 is 6.84. The van der Waals surface area contributed by atoms with Crippen LogP contribution >= 0.6 is 0 Å². The molecule has 4 nitrogen and oxygen atoms in total. The normalized spacial score (nSPS) is 10.3. The number of ether oxygens (including phenoxy) is 1. The second kappa shape index (κ2) is 3.73. The molecule has 0 N–H and O–H groups in total. The fourth-order valence-electron chi connectivity index (χ4n) is 1.35. The van der Waals surface area contributed by atoms with E-state index in [0.29, 0.717) is 5.88 Å². The third kappa shape index (κ3) is 1.83. The molecule has 0 amide bonds. The van der Waals surface area contributed by atoms with E-state index in [1.54, 1.807) is 13.3 Å². The Labute approximate surface area is 88.5 Å². The number of aromatic nitrogens is 3. The van der Waals surface area contributed by atoms with Crippen molar-refractivity contribution in [3.05, 3.63) is 30.1 Å². The lowest BCUT2D eigenvalue weighted by Crippen LogP contribution is -1.92. The number of hydrogen-bond donors (Lipinski definition) is 0. The van der Waals surface area contributed by atoms with Crippen LogP contribution in [-0.2, 0) is 7.05 Å². The summed E-state index contributed by atoms with van der Waals surface area (Å²) in [5.74, 6) is 0.617. The third-order valence-electron chi connectivity index (χ3n) is 2.36. The minimum atomic E-state index is 0.617. The molecular formula is C11H13N3O. The fourth-order valence-corrected chi connectivity index (χ4v) is 1.35. The van der Waals surface area contributed by atoms with Crippen molar-refractivity contribution >= 4 is 0 Å². The Morgan fingerprint density at radius 2 is 2.13 bits per heavy atom. The molecule has 2 rings (SSSR count). The molecule has 0 aromatic carbocycles. The predicted octanol–water partition coefficient (Wildman–Crippen LogP) is 1.80. The maximum atomic E-state index is 5.00. The summed E-state index contributed by atoms with van der Waals surface area (Å²) in [5.41, 5.74) is 3.06. The molecule has 0 fully saturated rings. The largest absolute Gasteiger partial charge is 0.481 e. The summed E-state index contributed by atoms with van der Waals surface area (Å²) in [6, 6.07) is 5.82. The molecule has 0 aliphatic heterocycles. The van der Waals surface area contributed by atoms with Crippen molar-refractivity contribution in [2.45, 2.75) is 6.92 Å². The van der Waals surface area contributed by atoms with Gasteiger partial charge in [0.25, 0.3) is 0 Å². The molecule has 78 valence electrons. The highest BCUT2D eigenvalue weighted by Gasteiger charge is 2.04. The standard InChI is InChI=1S/C11H13N3O/c1-8-6-10(13-14(8)2)9-4-5-11(15-3)12-7-9/h4-7H,1-3H3. The molecule has 2 aromatic rings. The average molecular weight is 203 g/mol. The summed E-state index contributed by atoms with van der Waals surface area (Å²) >= 11 is 0. The van der Waals surface area contributed by atoms with Gasteiger partial charge in [0.15, 0.2) is 0 Å². The van der Waals surface area contributed by atoms with Gasteiger partial charge in [-0.1, -0.05) is 0 Å². The Hall–Kier alpha value is -1.84. The molecule has 0 radical (unpaired) electrons. The Kier molecular flexibility index (Phi) is 2.41. The highest BCUT2D eigenvalue weighted by Crippen LogP contribution is 2.19. The van der Waals surface area contributed by atoms with E-state index in [1.807, 2.05) is 36.9 Å². The zero-order chi connectivity index (χ0) is 10.8. The van der Waals surface area contributed by atoms with Crippen molar-refractivity contribution in [3.63, 3.8) is 0 Å². The van der Waals surface area contributed by atoms with Crippen LogP contribution in [0, 0.1) is 6.92 Å². The van der Waals surface area contributed by atoms with Gasteiger partial charge in [-0.05, 0) is 19.1 Å². The van der Waals surface area contributed by atoms with Crippen LogP contribution in [0.1, 0.15) is 5.69 Å². The summed E-state index contributed by atoms with van der Waals surface area (Å²) in [6.07, 6.45) is 1.76. The maximum Gasteiger partial charge on any atom is 0.212 e. The SMILES string of the molecule is COc1ccc(-c2cc(C)n(C)n2)cn1. The van der Waals surface area contributed by atoms with Crippen molar-refractivity contribution in [1.82, 2.24) is 14.8 Å². The van der Waals surface area contributed by atoms with Crippen LogP contribution in [-0.4, -0.2) is 21.9 Å². The third-order valence-corrected chi connectivity index (χ3v) is 2.36. The lowest BCUT2D eigenvalue weighted by Gasteiger charge is -1.99. The number of nitrogens with zero attached hydrogens (tertiary/aromatic N) is 3. The van der Waals surface area contributed by atoms with E-state index in [0.717, 1.165) is 17.0 Å². The van der Waals surface area contributed by atoms with Gasteiger partial charge < -0.3 is 4.74 Å². The van der Waals surface area contributed by atoms with E-state index >= 15 is 0 Å².